The topological polar surface area (TPSA) is 42.4 Å². The predicted molar refractivity (Wildman–Crippen MR) is 69.6 cm³/mol. The van der Waals surface area contributed by atoms with Gasteiger partial charge in [-0.15, -0.1) is 0 Å². The van der Waals surface area contributed by atoms with Crippen LogP contribution in [0.15, 0.2) is 10.5 Å². The van der Waals surface area contributed by atoms with Gasteiger partial charge in [0.25, 0.3) is 0 Å². The van der Waals surface area contributed by atoms with Crippen LogP contribution in [0.4, 0.5) is 0 Å². The molecule has 1 unspecified atom stereocenters. The second kappa shape index (κ2) is 5.69. The molecule has 2 rings (SSSR count). The van der Waals surface area contributed by atoms with Gasteiger partial charge in [0.15, 0.2) is 0 Å². The molecule has 96 valence electrons. The molecule has 1 aromatic rings. The summed E-state index contributed by atoms with van der Waals surface area (Å²) >= 11 is 0. The van der Waals surface area contributed by atoms with Crippen LogP contribution in [0.3, 0.4) is 0 Å². The predicted octanol–water partition coefficient (Wildman–Crippen LogP) is 2.67. The molecule has 0 aliphatic carbocycles. The summed E-state index contributed by atoms with van der Waals surface area (Å²) in [5.41, 5.74) is 6.82. The molecule has 0 bridgehead atoms. The van der Waals surface area contributed by atoms with Gasteiger partial charge in [0.1, 0.15) is 11.5 Å². The van der Waals surface area contributed by atoms with E-state index in [0.717, 1.165) is 24.0 Å². The van der Waals surface area contributed by atoms with Crippen LogP contribution in [-0.4, -0.2) is 18.0 Å². The molecule has 3 nitrogen and oxygen atoms in total. The maximum atomic E-state index is 5.77. The summed E-state index contributed by atoms with van der Waals surface area (Å²) in [5.74, 6) is 2.87. The van der Waals surface area contributed by atoms with Gasteiger partial charge < -0.3 is 10.2 Å². The van der Waals surface area contributed by atoms with Gasteiger partial charge in [0.05, 0.1) is 13.1 Å². The first-order valence-corrected chi connectivity index (χ1v) is 6.73. The van der Waals surface area contributed by atoms with Gasteiger partial charge >= 0.3 is 0 Å². The third kappa shape index (κ3) is 3.11. The van der Waals surface area contributed by atoms with Crippen molar-refractivity contribution in [2.24, 2.45) is 11.7 Å². The Morgan fingerprint density at radius 1 is 1.53 bits per heavy atom. The molecule has 1 aliphatic heterocycles. The second-order valence-electron chi connectivity index (χ2n) is 5.17. The average molecular weight is 236 g/mol. The van der Waals surface area contributed by atoms with Crippen LogP contribution in [0.1, 0.15) is 43.3 Å². The number of hydrogen-bond acceptors (Lipinski definition) is 3. The molecule has 0 saturated carbocycles. The molecule has 0 spiro atoms. The fraction of sp³-hybridized carbons (Fsp3) is 0.714. The zero-order chi connectivity index (χ0) is 12.3. The summed E-state index contributed by atoms with van der Waals surface area (Å²) in [4.78, 5) is 2.51. The largest absolute Gasteiger partial charge is 0.463 e. The normalized spacial score (nSPS) is 21.9. The molecule has 17 heavy (non-hydrogen) atoms. The van der Waals surface area contributed by atoms with Crippen molar-refractivity contribution in [2.45, 2.75) is 46.2 Å². The van der Waals surface area contributed by atoms with Gasteiger partial charge in [-0.25, -0.2) is 0 Å². The Balaban J connectivity index is 1.95. The first-order valence-electron chi connectivity index (χ1n) is 6.73. The Hall–Kier alpha value is -0.800. The Labute approximate surface area is 104 Å². The number of rotatable bonds is 4. The number of aryl methyl sites for hydroxylation is 1. The van der Waals surface area contributed by atoms with E-state index in [0.29, 0.717) is 6.54 Å². The minimum atomic E-state index is 0.503. The van der Waals surface area contributed by atoms with Gasteiger partial charge in [0.2, 0.25) is 0 Å². The van der Waals surface area contributed by atoms with E-state index < -0.39 is 0 Å². The van der Waals surface area contributed by atoms with E-state index in [1.165, 1.54) is 37.9 Å². The van der Waals surface area contributed by atoms with Crippen molar-refractivity contribution < 1.29 is 4.42 Å². The highest BCUT2D eigenvalue weighted by atomic mass is 16.3. The van der Waals surface area contributed by atoms with E-state index in [2.05, 4.69) is 24.8 Å². The van der Waals surface area contributed by atoms with Crippen LogP contribution in [0.25, 0.3) is 0 Å². The third-order valence-electron chi connectivity index (χ3n) is 3.82. The lowest BCUT2D eigenvalue weighted by Crippen LogP contribution is -2.34. The molecular formula is C14H24N2O. The molecule has 1 aromatic heterocycles. The highest BCUT2D eigenvalue weighted by Gasteiger charge is 2.19. The lowest BCUT2D eigenvalue weighted by atomic mass is 9.96. The van der Waals surface area contributed by atoms with E-state index in [1.54, 1.807) is 0 Å². The first-order chi connectivity index (χ1) is 8.22. The summed E-state index contributed by atoms with van der Waals surface area (Å²) in [7, 11) is 0. The van der Waals surface area contributed by atoms with Crippen molar-refractivity contribution in [1.29, 1.82) is 0 Å². The monoisotopic (exact) mass is 236 g/mol. The van der Waals surface area contributed by atoms with E-state index in [-0.39, 0.29) is 0 Å². The van der Waals surface area contributed by atoms with Crippen LogP contribution in [0, 0.1) is 12.8 Å². The van der Waals surface area contributed by atoms with Gasteiger partial charge in [-0.3, -0.25) is 4.90 Å². The van der Waals surface area contributed by atoms with Gasteiger partial charge in [-0.05, 0) is 43.9 Å². The van der Waals surface area contributed by atoms with E-state index in [9.17, 15) is 0 Å². The van der Waals surface area contributed by atoms with E-state index in [1.807, 2.05) is 0 Å². The highest BCUT2D eigenvalue weighted by molar-refractivity contribution is 5.19. The number of likely N-dealkylation sites (tertiary alicyclic amines) is 1. The zero-order valence-corrected chi connectivity index (χ0v) is 11.0. The lowest BCUT2D eigenvalue weighted by Gasteiger charge is -2.31. The van der Waals surface area contributed by atoms with Gasteiger partial charge in [-0.1, -0.05) is 13.3 Å². The third-order valence-corrected chi connectivity index (χ3v) is 3.82. The van der Waals surface area contributed by atoms with Crippen molar-refractivity contribution in [3.05, 3.63) is 23.2 Å². The molecule has 0 radical (unpaired) electrons. The number of nitrogens with two attached hydrogens (primary N) is 1. The molecule has 1 saturated heterocycles. The Morgan fingerprint density at radius 3 is 3.00 bits per heavy atom. The smallest absolute Gasteiger partial charge is 0.120 e. The molecule has 0 aromatic carbocycles. The molecule has 2 N–H and O–H groups in total. The summed E-state index contributed by atoms with van der Waals surface area (Å²) in [6.45, 7) is 8.22. The molecule has 1 fully saturated rings. The minimum Gasteiger partial charge on any atom is -0.463 e. The standard InChI is InChI=1S/C14H24N2O/c1-3-12-5-4-6-16(9-12)10-13-7-11(2)14(8-15)17-13/h7,12H,3-6,8-10,15H2,1-2H3. The maximum Gasteiger partial charge on any atom is 0.120 e. The Kier molecular flexibility index (Phi) is 4.24. The SMILES string of the molecule is CCC1CCCN(Cc2cc(C)c(CN)o2)C1. The van der Waals surface area contributed by atoms with Crippen LogP contribution in [0.5, 0.6) is 0 Å². The van der Waals surface area contributed by atoms with Crippen molar-refractivity contribution in [3.8, 4) is 0 Å². The molecule has 2 heterocycles. The second-order valence-corrected chi connectivity index (χ2v) is 5.17. The van der Waals surface area contributed by atoms with Crippen LogP contribution < -0.4 is 5.73 Å². The molecular weight excluding hydrogens is 212 g/mol. The van der Waals surface area contributed by atoms with Gasteiger partial charge in [0, 0.05) is 6.54 Å². The van der Waals surface area contributed by atoms with Crippen molar-refractivity contribution in [2.75, 3.05) is 13.1 Å². The Morgan fingerprint density at radius 2 is 2.35 bits per heavy atom. The van der Waals surface area contributed by atoms with Crippen LogP contribution >= 0.6 is 0 Å². The molecule has 1 atom stereocenters. The molecule has 3 heteroatoms. The van der Waals surface area contributed by atoms with Crippen LogP contribution in [0.2, 0.25) is 0 Å². The summed E-state index contributed by atoms with van der Waals surface area (Å²) < 4.78 is 5.77. The average Bonchev–Trinajstić information content (AvgIpc) is 2.69. The maximum absolute atomic E-state index is 5.77. The molecule has 1 aliphatic rings. The van der Waals surface area contributed by atoms with E-state index in [4.69, 9.17) is 10.2 Å². The fourth-order valence-corrected chi connectivity index (χ4v) is 2.72. The number of furan rings is 1. The zero-order valence-electron chi connectivity index (χ0n) is 11.0. The van der Waals surface area contributed by atoms with Crippen LogP contribution in [-0.2, 0) is 13.1 Å². The minimum absolute atomic E-state index is 0.503. The lowest BCUT2D eigenvalue weighted by molar-refractivity contribution is 0.154. The van der Waals surface area contributed by atoms with Gasteiger partial charge in [-0.2, -0.15) is 0 Å². The van der Waals surface area contributed by atoms with Crippen molar-refractivity contribution >= 4 is 0 Å². The van der Waals surface area contributed by atoms with Crippen molar-refractivity contribution in [1.82, 2.24) is 4.90 Å². The molecule has 0 amide bonds. The number of nitrogens with zero attached hydrogens (tertiary/aromatic N) is 1. The fourth-order valence-electron chi connectivity index (χ4n) is 2.72. The van der Waals surface area contributed by atoms with E-state index >= 15 is 0 Å². The first kappa shape index (κ1) is 12.7. The summed E-state index contributed by atoms with van der Waals surface area (Å²) in [6.07, 6.45) is 4.00. The summed E-state index contributed by atoms with van der Waals surface area (Å²) in [6, 6.07) is 2.14. The summed E-state index contributed by atoms with van der Waals surface area (Å²) in [5, 5.41) is 0. The number of hydrogen-bond donors (Lipinski definition) is 1. The number of piperidine rings is 1. The Bertz CT molecular complexity index is 359. The van der Waals surface area contributed by atoms with Crippen molar-refractivity contribution in [3.63, 3.8) is 0 Å². The highest BCUT2D eigenvalue weighted by Crippen LogP contribution is 2.22. The quantitative estimate of drug-likeness (QED) is 0.874.